The largest absolute Gasteiger partial charge is 0.331 e. The van der Waals surface area contributed by atoms with Crippen molar-refractivity contribution in [2.24, 2.45) is 5.92 Å². The van der Waals surface area contributed by atoms with E-state index in [1.807, 2.05) is 0 Å². The molecule has 1 aliphatic rings. The Balaban J connectivity index is 1.90. The Bertz CT molecular complexity index is 443. The van der Waals surface area contributed by atoms with Gasteiger partial charge in [0.25, 0.3) is 0 Å². The Hall–Kier alpha value is -1.63. The van der Waals surface area contributed by atoms with Crippen molar-refractivity contribution in [3.63, 3.8) is 0 Å². The van der Waals surface area contributed by atoms with Crippen molar-refractivity contribution in [3.8, 4) is 0 Å². The maximum atomic E-state index is 12.0. The third kappa shape index (κ3) is 4.20. The number of aromatic nitrogens is 1. The van der Waals surface area contributed by atoms with Crippen molar-refractivity contribution in [2.45, 2.75) is 12.8 Å². The van der Waals surface area contributed by atoms with Gasteiger partial charge in [-0.05, 0) is 18.8 Å². The maximum Gasteiger partial charge on any atom is 0.319 e. The summed E-state index contributed by atoms with van der Waals surface area (Å²) in [6.45, 7) is 0.732. The second-order valence-corrected chi connectivity index (χ2v) is 5.78. The van der Waals surface area contributed by atoms with Gasteiger partial charge in [0.15, 0.2) is 5.13 Å². The number of carbonyl (C=O) groups is 2. The molecule has 7 heteroatoms. The monoisotopic (exact) mass is 282 g/mol. The molecule has 0 aliphatic heterocycles. The molecule has 1 N–H and O–H groups in total. The van der Waals surface area contributed by atoms with Crippen LogP contribution in [0, 0.1) is 5.92 Å². The number of thiazole rings is 1. The van der Waals surface area contributed by atoms with Crippen LogP contribution in [0.5, 0.6) is 0 Å². The number of amides is 3. The summed E-state index contributed by atoms with van der Waals surface area (Å²) in [5.74, 6) is 0.349. The van der Waals surface area contributed by atoms with Gasteiger partial charge in [-0.3, -0.25) is 4.79 Å². The molecule has 1 saturated carbocycles. The highest BCUT2D eigenvalue weighted by Gasteiger charge is 2.28. The van der Waals surface area contributed by atoms with Gasteiger partial charge in [-0.25, -0.2) is 9.78 Å². The van der Waals surface area contributed by atoms with Crippen molar-refractivity contribution < 1.29 is 9.59 Å². The van der Waals surface area contributed by atoms with Crippen molar-refractivity contribution in [1.82, 2.24) is 14.8 Å². The van der Waals surface area contributed by atoms with Crippen molar-refractivity contribution >= 4 is 28.4 Å². The number of anilines is 1. The predicted molar refractivity (Wildman–Crippen MR) is 74.1 cm³/mol. The van der Waals surface area contributed by atoms with E-state index in [9.17, 15) is 9.59 Å². The minimum Gasteiger partial charge on any atom is -0.331 e. The summed E-state index contributed by atoms with van der Waals surface area (Å²) >= 11 is 1.36. The first kappa shape index (κ1) is 13.8. The van der Waals surface area contributed by atoms with Gasteiger partial charge in [0.05, 0.1) is 0 Å². The first-order valence-electron chi connectivity index (χ1n) is 6.22. The van der Waals surface area contributed by atoms with E-state index in [4.69, 9.17) is 0 Å². The fraction of sp³-hybridized carbons (Fsp3) is 0.583. The van der Waals surface area contributed by atoms with Gasteiger partial charge in [-0.2, -0.15) is 0 Å². The van der Waals surface area contributed by atoms with Gasteiger partial charge >= 0.3 is 6.03 Å². The van der Waals surface area contributed by atoms with Crippen LogP contribution in [0.15, 0.2) is 11.6 Å². The van der Waals surface area contributed by atoms with Crippen LogP contribution in [-0.2, 0) is 4.79 Å². The summed E-state index contributed by atoms with van der Waals surface area (Å²) in [6.07, 6.45) is 3.92. The van der Waals surface area contributed by atoms with E-state index in [2.05, 4.69) is 10.3 Å². The summed E-state index contributed by atoms with van der Waals surface area (Å²) in [4.78, 5) is 31.0. The van der Waals surface area contributed by atoms with E-state index in [-0.39, 0.29) is 18.5 Å². The maximum absolute atomic E-state index is 12.0. The highest BCUT2D eigenvalue weighted by molar-refractivity contribution is 7.13. The van der Waals surface area contributed by atoms with Gasteiger partial charge in [-0.1, -0.05) is 0 Å². The molecule has 0 atom stereocenters. The normalized spacial score (nSPS) is 14.0. The topological polar surface area (TPSA) is 65.5 Å². The SMILES string of the molecule is CN(C)C(=O)N(CC(=O)Nc1nccs1)CC1CC1. The Morgan fingerprint density at radius 2 is 2.21 bits per heavy atom. The zero-order chi connectivity index (χ0) is 13.8. The summed E-state index contributed by atoms with van der Waals surface area (Å²) in [6, 6.07) is -0.124. The molecule has 0 aromatic carbocycles. The summed E-state index contributed by atoms with van der Waals surface area (Å²) in [7, 11) is 3.39. The molecule has 0 bridgehead atoms. The average molecular weight is 282 g/mol. The molecule has 0 radical (unpaired) electrons. The Labute approximate surface area is 116 Å². The molecule has 104 valence electrons. The van der Waals surface area contributed by atoms with E-state index < -0.39 is 0 Å². The number of urea groups is 1. The number of hydrogen-bond acceptors (Lipinski definition) is 4. The molecule has 2 rings (SSSR count). The van der Waals surface area contributed by atoms with Crippen LogP contribution in [0.2, 0.25) is 0 Å². The molecule has 1 fully saturated rings. The average Bonchev–Trinajstić information content (AvgIpc) is 3.02. The molecule has 19 heavy (non-hydrogen) atoms. The number of rotatable bonds is 5. The van der Waals surface area contributed by atoms with Crippen LogP contribution in [0.25, 0.3) is 0 Å². The highest BCUT2D eigenvalue weighted by atomic mass is 32.1. The second-order valence-electron chi connectivity index (χ2n) is 4.89. The van der Waals surface area contributed by atoms with Crippen LogP contribution < -0.4 is 5.32 Å². The number of nitrogens with one attached hydrogen (secondary N) is 1. The van der Waals surface area contributed by atoms with Gasteiger partial charge in [0.2, 0.25) is 5.91 Å². The van der Waals surface area contributed by atoms with Crippen LogP contribution in [0.3, 0.4) is 0 Å². The molecular formula is C12H18N4O2S. The molecule has 1 aliphatic carbocycles. The molecule has 0 spiro atoms. The lowest BCUT2D eigenvalue weighted by Gasteiger charge is -2.25. The van der Waals surface area contributed by atoms with Crippen LogP contribution in [0.1, 0.15) is 12.8 Å². The molecule has 0 unspecified atom stereocenters. The standard InChI is InChI=1S/C12H18N4O2S/c1-15(2)12(18)16(7-9-3-4-9)8-10(17)14-11-13-5-6-19-11/h5-6,9H,3-4,7-8H2,1-2H3,(H,13,14,17). The number of carbonyl (C=O) groups excluding carboxylic acids is 2. The summed E-state index contributed by atoms with van der Waals surface area (Å²) in [5.41, 5.74) is 0. The molecule has 1 aromatic heterocycles. The third-order valence-electron chi connectivity index (χ3n) is 2.84. The van der Waals surface area contributed by atoms with Crippen molar-refractivity contribution in [3.05, 3.63) is 11.6 Å². The van der Waals surface area contributed by atoms with Crippen LogP contribution in [-0.4, -0.2) is 53.9 Å². The van der Waals surface area contributed by atoms with Gasteiger partial charge in [0.1, 0.15) is 6.54 Å². The zero-order valence-electron chi connectivity index (χ0n) is 11.1. The predicted octanol–water partition coefficient (Wildman–Crippen LogP) is 1.48. The van der Waals surface area contributed by atoms with Gasteiger partial charge < -0.3 is 15.1 Å². The molecule has 3 amide bonds. The quantitative estimate of drug-likeness (QED) is 0.889. The van der Waals surface area contributed by atoms with Gasteiger partial charge in [0, 0.05) is 32.2 Å². The Morgan fingerprint density at radius 3 is 2.74 bits per heavy atom. The Morgan fingerprint density at radius 1 is 1.47 bits per heavy atom. The van der Waals surface area contributed by atoms with Crippen LogP contribution >= 0.6 is 11.3 Å². The van der Waals surface area contributed by atoms with E-state index in [1.165, 1.54) is 16.2 Å². The first-order valence-corrected chi connectivity index (χ1v) is 7.10. The van der Waals surface area contributed by atoms with Crippen molar-refractivity contribution in [2.75, 3.05) is 32.5 Å². The lowest BCUT2D eigenvalue weighted by atomic mass is 10.3. The molecule has 1 aromatic rings. The number of hydrogen-bond donors (Lipinski definition) is 1. The van der Waals surface area contributed by atoms with E-state index in [0.717, 1.165) is 12.8 Å². The smallest absolute Gasteiger partial charge is 0.319 e. The van der Waals surface area contributed by atoms with E-state index in [0.29, 0.717) is 17.6 Å². The third-order valence-corrected chi connectivity index (χ3v) is 3.53. The minimum atomic E-state index is -0.203. The molecule has 6 nitrogen and oxygen atoms in total. The lowest BCUT2D eigenvalue weighted by Crippen LogP contribution is -2.44. The fourth-order valence-electron chi connectivity index (χ4n) is 1.72. The molecular weight excluding hydrogens is 264 g/mol. The van der Waals surface area contributed by atoms with Crippen LogP contribution in [0.4, 0.5) is 9.93 Å². The minimum absolute atomic E-state index is 0.0765. The number of nitrogens with zero attached hydrogens (tertiary/aromatic N) is 3. The molecule has 1 heterocycles. The zero-order valence-corrected chi connectivity index (χ0v) is 11.9. The van der Waals surface area contributed by atoms with Crippen molar-refractivity contribution in [1.29, 1.82) is 0 Å². The highest BCUT2D eigenvalue weighted by Crippen LogP contribution is 2.29. The van der Waals surface area contributed by atoms with E-state index >= 15 is 0 Å². The van der Waals surface area contributed by atoms with Gasteiger partial charge in [-0.15, -0.1) is 11.3 Å². The lowest BCUT2D eigenvalue weighted by molar-refractivity contribution is -0.116. The summed E-state index contributed by atoms with van der Waals surface area (Å²) in [5, 5.41) is 5.05. The first-order chi connectivity index (χ1) is 9.06. The van der Waals surface area contributed by atoms with E-state index in [1.54, 1.807) is 30.6 Å². The fourth-order valence-corrected chi connectivity index (χ4v) is 2.27. The molecule has 0 saturated heterocycles. The summed E-state index contributed by atoms with van der Waals surface area (Å²) < 4.78 is 0. The Kier molecular flexibility index (Phi) is 4.36. The second kappa shape index (κ2) is 6.01.